The summed E-state index contributed by atoms with van der Waals surface area (Å²) in [5.74, 6) is 1.57. The number of nitrogens with two attached hydrogens (primary N) is 1. The summed E-state index contributed by atoms with van der Waals surface area (Å²) in [5, 5.41) is 7.44. The Morgan fingerprint density at radius 2 is 1.43 bits per heavy atom. The lowest BCUT2D eigenvalue weighted by Gasteiger charge is -2.24. The molecular formula is C11H25N3. The Kier molecular flexibility index (Phi) is 6.34. The molecule has 3 heteroatoms. The number of rotatable bonds is 6. The first-order chi connectivity index (χ1) is 6.43. The molecule has 14 heavy (non-hydrogen) atoms. The zero-order valence-corrected chi connectivity index (χ0v) is 10.0. The Hall–Kier alpha value is -0.730. The highest BCUT2D eigenvalue weighted by atomic mass is 15.2. The number of nitrogens with one attached hydrogen (secondary N) is 1. The van der Waals surface area contributed by atoms with E-state index in [9.17, 15) is 0 Å². The van der Waals surface area contributed by atoms with E-state index >= 15 is 0 Å². The maximum atomic E-state index is 7.44. The average Bonchev–Trinajstić information content (AvgIpc) is 2.02. The minimum absolute atomic E-state index is 0.214. The van der Waals surface area contributed by atoms with E-state index < -0.39 is 0 Å². The number of hydrogen-bond acceptors (Lipinski definition) is 1. The molecule has 0 radical (unpaired) electrons. The fourth-order valence-corrected chi connectivity index (χ4v) is 1.18. The van der Waals surface area contributed by atoms with Crippen LogP contribution < -0.4 is 5.73 Å². The Balaban J connectivity index is 3.84. The molecule has 0 bridgehead atoms. The van der Waals surface area contributed by atoms with Crippen molar-refractivity contribution in [3.8, 4) is 0 Å². The van der Waals surface area contributed by atoms with Gasteiger partial charge in [-0.3, -0.25) is 5.41 Å². The molecular weight excluding hydrogens is 174 g/mol. The van der Waals surface area contributed by atoms with Gasteiger partial charge in [-0.05, 0) is 24.7 Å². The van der Waals surface area contributed by atoms with Crippen LogP contribution in [0.4, 0.5) is 0 Å². The first-order valence-corrected chi connectivity index (χ1v) is 5.52. The van der Waals surface area contributed by atoms with Crippen molar-refractivity contribution in [1.29, 1.82) is 5.41 Å². The lowest BCUT2D eigenvalue weighted by Crippen LogP contribution is -2.38. The van der Waals surface area contributed by atoms with E-state index in [-0.39, 0.29) is 5.96 Å². The fourth-order valence-electron chi connectivity index (χ4n) is 1.18. The first-order valence-electron chi connectivity index (χ1n) is 5.52. The van der Waals surface area contributed by atoms with Gasteiger partial charge in [0, 0.05) is 13.1 Å². The summed E-state index contributed by atoms with van der Waals surface area (Å²) in [6, 6.07) is 0. The van der Waals surface area contributed by atoms with Crippen LogP contribution in [0.3, 0.4) is 0 Å². The van der Waals surface area contributed by atoms with Crippen LogP contribution in [0.15, 0.2) is 0 Å². The van der Waals surface area contributed by atoms with E-state index in [2.05, 4.69) is 27.7 Å². The summed E-state index contributed by atoms with van der Waals surface area (Å²) in [7, 11) is 0. The van der Waals surface area contributed by atoms with Crippen molar-refractivity contribution >= 4 is 5.96 Å². The van der Waals surface area contributed by atoms with Crippen LogP contribution in [-0.4, -0.2) is 23.9 Å². The van der Waals surface area contributed by atoms with Gasteiger partial charge in [0.25, 0.3) is 0 Å². The molecule has 3 N–H and O–H groups in total. The van der Waals surface area contributed by atoms with E-state index in [0.29, 0.717) is 11.8 Å². The largest absolute Gasteiger partial charge is 0.370 e. The van der Waals surface area contributed by atoms with E-state index in [4.69, 9.17) is 11.1 Å². The van der Waals surface area contributed by atoms with Gasteiger partial charge in [-0.25, -0.2) is 0 Å². The minimum atomic E-state index is 0.214. The van der Waals surface area contributed by atoms with Crippen molar-refractivity contribution in [2.24, 2.45) is 17.6 Å². The lowest BCUT2D eigenvalue weighted by molar-refractivity contribution is 0.349. The van der Waals surface area contributed by atoms with Gasteiger partial charge in [0.15, 0.2) is 5.96 Å². The van der Waals surface area contributed by atoms with Crippen LogP contribution in [0.1, 0.15) is 40.5 Å². The highest BCUT2D eigenvalue weighted by Gasteiger charge is 2.07. The highest BCUT2D eigenvalue weighted by molar-refractivity contribution is 5.74. The van der Waals surface area contributed by atoms with Crippen molar-refractivity contribution in [1.82, 2.24) is 4.90 Å². The molecule has 0 aromatic carbocycles. The summed E-state index contributed by atoms with van der Waals surface area (Å²) in [4.78, 5) is 1.97. The average molecular weight is 199 g/mol. The molecule has 0 saturated carbocycles. The molecule has 0 heterocycles. The maximum Gasteiger partial charge on any atom is 0.188 e. The molecule has 0 aliphatic carbocycles. The van der Waals surface area contributed by atoms with Gasteiger partial charge >= 0.3 is 0 Å². The summed E-state index contributed by atoms with van der Waals surface area (Å²) in [6.45, 7) is 10.6. The third-order valence-corrected chi connectivity index (χ3v) is 2.29. The monoisotopic (exact) mass is 199 g/mol. The van der Waals surface area contributed by atoms with Crippen molar-refractivity contribution in [2.45, 2.75) is 40.5 Å². The topological polar surface area (TPSA) is 53.1 Å². The van der Waals surface area contributed by atoms with Crippen LogP contribution in [0.25, 0.3) is 0 Å². The number of nitrogens with zero attached hydrogens (tertiary/aromatic N) is 1. The zero-order chi connectivity index (χ0) is 11.1. The number of hydrogen-bond donors (Lipinski definition) is 2. The quantitative estimate of drug-likeness (QED) is 0.509. The van der Waals surface area contributed by atoms with E-state index in [1.165, 1.54) is 0 Å². The van der Waals surface area contributed by atoms with Crippen LogP contribution in [0, 0.1) is 17.2 Å². The molecule has 0 rings (SSSR count). The summed E-state index contributed by atoms with van der Waals surface area (Å²) < 4.78 is 0. The van der Waals surface area contributed by atoms with Gasteiger partial charge < -0.3 is 10.6 Å². The van der Waals surface area contributed by atoms with Crippen LogP contribution in [0.2, 0.25) is 0 Å². The van der Waals surface area contributed by atoms with E-state index in [0.717, 1.165) is 25.9 Å². The molecule has 0 spiro atoms. The molecule has 0 aliphatic heterocycles. The molecule has 84 valence electrons. The SMILES string of the molecule is CC(C)CCN(CCC(C)C)C(=N)N. The van der Waals surface area contributed by atoms with Crippen molar-refractivity contribution in [3.05, 3.63) is 0 Å². The Labute approximate surface area is 88.2 Å². The van der Waals surface area contributed by atoms with Crippen LogP contribution in [0.5, 0.6) is 0 Å². The predicted octanol–water partition coefficient (Wildman–Crippen LogP) is 2.27. The Morgan fingerprint density at radius 3 is 1.64 bits per heavy atom. The van der Waals surface area contributed by atoms with Crippen molar-refractivity contribution < 1.29 is 0 Å². The summed E-state index contributed by atoms with van der Waals surface area (Å²) >= 11 is 0. The smallest absolute Gasteiger partial charge is 0.188 e. The molecule has 0 aliphatic rings. The van der Waals surface area contributed by atoms with Gasteiger partial charge in [-0.15, -0.1) is 0 Å². The second-order valence-corrected chi connectivity index (χ2v) is 4.74. The third-order valence-electron chi connectivity index (χ3n) is 2.29. The lowest BCUT2D eigenvalue weighted by atomic mass is 10.1. The Bertz CT molecular complexity index is 152. The van der Waals surface area contributed by atoms with Gasteiger partial charge in [-0.1, -0.05) is 27.7 Å². The predicted molar refractivity (Wildman–Crippen MR) is 62.4 cm³/mol. The standard InChI is InChI=1S/C11H25N3/c1-9(2)5-7-14(11(12)13)8-6-10(3)4/h9-10H,5-8H2,1-4H3,(H3,12,13). The second kappa shape index (κ2) is 6.68. The van der Waals surface area contributed by atoms with E-state index in [1.54, 1.807) is 0 Å². The summed E-state index contributed by atoms with van der Waals surface area (Å²) in [6.07, 6.45) is 2.22. The maximum absolute atomic E-state index is 7.44. The van der Waals surface area contributed by atoms with Gasteiger partial charge in [-0.2, -0.15) is 0 Å². The third kappa shape index (κ3) is 6.75. The second-order valence-electron chi connectivity index (χ2n) is 4.74. The molecule has 0 fully saturated rings. The summed E-state index contributed by atoms with van der Waals surface area (Å²) in [5.41, 5.74) is 5.52. The van der Waals surface area contributed by atoms with Crippen molar-refractivity contribution in [3.63, 3.8) is 0 Å². The fraction of sp³-hybridized carbons (Fsp3) is 0.909. The van der Waals surface area contributed by atoms with Crippen LogP contribution in [-0.2, 0) is 0 Å². The zero-order valence-electron chi connectivity index (χ0n) is 10.0. The van der Waals surface area contributed by atoms with Gasteiger partial charge in [0.2, 0.25) is 0 Å². The molecule has 0 saturated heterocycles. The highest BCUT2D eigenvalue weighted by Crippen LogP contribution is 2.05. The molecule has 0 unspecified atom stereocenters. The normalized spacial score (nSPS) is 11.0. The number of guanidine groups is 1. The van der Waals surface area contributed by atoms with Gasteiger partial charge in [0.1, 0.15) is 0 Å². The minimum Gasteiger partial charge on any atom is -0.370 e. The Morgan fingerprint density at radius 1 is 1.07 bits per heavy atom. The first kappa shape index (κ1) is 13.3. The molecule has 0 atom stereocenters. The van der Waals surface area contributed by atoms with Crippen LogP contribution >= 0.6 is 0 Å². The molecule has 0 aromatic heterocycles. The van der Waals surface area contributed by atoms with Gasteiger partial charge in [0.05, 0.1) is 0 Å². The molecule has 0 aromatic rings. The molecule has 0 amide bonds. The van der Waals surface area contributed by atoms with Crippen molar-refractivity contribution in [2.75, 3.05) is 13.1 Å². The van der Waals surface area contributed by atoms with E-state index in [1.807, 2.05) is 4.90 Å². The molecule has 3 nitrogen and oxygen atoms in total.